The summed E-state index contributed by atoms with van der Waals surface area (Å²) in [7, 11) is 0. The minimum atomic E-state index is -0.549. The van der Waals surface area contributed by atoms with Gasteiger partial charge in [0.25, 0.3) is 0 Å². The van der Waals surface area contributed by atoms with E-state index in [9.17, 15) is 4.79 Å². The molecule has 0 saturated carbocycles. The summed E-state index contributed by atoms with van der Waals surface area (Å²) in [5.41, 5.74) is 0. The molecule has 1 aromatic carbocycles. The number of para-hydroxylation sites is 1. The van der Waals surface area contributed by atoms with Crippen molar-refractivity contribution in [2.75, 3.05) is 19.8 Å². The van der Waals surface area contributed by atoms with Crippen LogP contribution < -0.4 is 4.74 Å². The van der Waals surface area contributed by atoms with Crippen molar-refractivity contribution in [2.45, 2.75) is 40.7 Å². The number of carbonyl (C=O) groups is 1. The van der Waals surface area contributed by atoms with Gasteiger partial charge in [0.15, 0.2) is 0 Å². The summed E-state index contributed by atoms with van der Waals surface area (Å²) in [6.07, 6.45) is -0.597. The molecule has 1 aromatic rings. The molecule has 1 atom stereocenters. The standard InChI is InChI=1S/C8H10O2.C4H6O3.2C2H6/c9-6-7-10-8-4-2-1-3-5-8;1-3-2-6-4(5)7-3;2*1-2/h1-5,9H,6-7H2;3H,2H2,1H3;2*1-2H3. The number of rotatable bonds is 3. The molecule has 122 valence electrons. The smallest absolute Gasteiger partial charge is 0.491 e. The van der Waals surface area contributed by atoms with Crippen molar-refractivity contribution in [3.63, 3.8) is 0 Å². The Morgan fingerprint density at radius 3 is 2.10 bits per heavy atom. The Kier molecular flexibility index (Phi) is 16.7. The van der Waals surface area contributed by atoms with Crippen molar-refractivity contribution in [3.05, 3.63) is 30.3 Å². The van der Waals surface area contributed by atoms with Crippen LogP contribution in [0.15, 0.2) is 30.3 Å². The maximum absolute atomic E-state index is 10.0. The Hall–Kier alpha value is -1.75. The van der Waals surface area contributed by atoms with E-state index in [-0.39, 0.29) is 12.7 Å². The molecule has 1 saturated heterocycles. The molecule has 0 amide bonds. The number of aliphatic hydroxyl groups is 1. The fourth-order valence-electron chi connectivity index (χ4n) is 1.10. The summed E-state index contributed by atoms with van der Waals surface area (Å²) >= 11 is 0. The lowest BCUT2D eigenvalue weighted by Gasteiger charge is -2.01. The second kappa shape index (κ2) is 16.3. The molecule has 1 N–H and O–H groups in total. The summed E-state index contributed by atoms with van der Waals surface area (Å²) in [5.74, 6) is 0.802. The first-order chi connectivity index (χ1) is 10.2. The minimum absolute atomic E-state index is 0.0486. The SMILES string of the molecule is CC.CC.CC1COC(=O)O1.OCCOc1ccccc1. The van der Waals surface area contributed by atoms with E-state index >= 15 is 0 Å². The van der Waals surface area contributed by atoms with E-state index in [0.29, 0.717) is 13.2 Å². The molecule has 2 rings (SSSR count). The highest BCUT2D eigenvalue weighted by Crippen LogP contribution is 2.07. The van der Waals surface area contributed by atoms with Crippen LogP contribution in [0.5, 0.6) is 5.75 Å². The van der Waals surface area contributed by atoms with Gasteiger partial charge in [-0.05, 0) is 19.1 Å². The van der Waals surface area contributed by atoms with Gasteiger partial charge in [0.1, 0.15) is 25.1 Å². The second-order valence-electron chi connectivity index (χ2n) is 3.37. The highest BCUT2D eigenvalue weighted by Gasteiger charge is 2.19. The molecule has 1 aliphatic heterocycles. The van der Waals surface area contributed by atoms with Gasteiger partial charge < -0.3 is 19.3 Å². The van der Waals surface area contributed by atoms with Crippen molar-refractivity contribution >= 4 is 6.16 Å². The fraction of sp³-hybridized carbons (Fsp3) is 0.562. The minimum Gasteiger partial charge on any atom is -0.491 e. The summed E-state index contributed by atoms with van der Waals surface area (Å²) in [6.45, 7) is 10.6. The summed E-state index contributed by atoms with van der Waals surface area (Å²) in [4.78, 5) is 10.0. The molecule has 5 heteroatoms. The highest BCUT2D eigenvalue weighted by atomic mass is 16.8. The maximum Gasteiger partial charge on any atom is 0.508 e. The second-order valence-corrected chi connectivity index (χ2v) is 3.37. The normalized spacial score (nSPS) is 14.8. The van der Waals surface area contributed by atoms with E-state index in [1.165, 1.54) is 0 Å². The lowest BCUT2D eigenvalue weighted by molar-refractivity contribution is 0.121. The van der Waals surface area contributed by atoms with Gasteiger partial charge in [0.2, 0.25) is 0 Å². The van der Waals surface area contributed by atoms with E-state index in [2.05, 4.69) is 9.47 Å². The van der Waals surface area contributed by atoms with Gasteiger partial charge in [-0.25, -0.2) is 4.79 Å². The number of hydrogen-bond donors (Lipinski definition) is 1. The molecule has 1 fully saturated rings. The summed E-state index contributed by atoms with van der Waals surface area (Å²) in [5, 5.41) is 8.40. The highest BCUT2D eigenvalue weighted by molar-refractivity contribution is 5.61. The van der Waals surface area contributed by atoms with Gasteiger partial charge in [-0.15, -0.1) is 0 Å². The van der Waals surface area contributed by atoms with Crippen molar-refractivity contribution in [1.29, 1.82) is 0 Å². The molecule has 1 heterocycles. The molecule has 0 aliphatic carbocycles. The van der Waals surface area contributed by atoms with E-state index in [4.69, 9.17) is 9.84 Å². The van der Waals surface area contributed by atoms with Gasteiger partial charge in [0, 0.05) is 0 Å². The fourth-order valence-corrected chi connectivity index (χ4v) is 1.10. The quantitative estimate of drug-likeness (QED) is 0.863. The molecular formula is C16H28O5. The van der Waals surface area contributed by atoms with Crippen LogP contribution in [0.25, 0.3) is 0 Å². The van der Waals surface area contributed by atoms with Crippen LogP contribution in [0.3, 0.4) is 0 Å². The van der Waals surface area contributed by atoms with Crippen LogP contribution in [0.2, 0.25) is 0 Å². The first kappa shape index (κ1) is 21.5. The first-order valence-electron chi connectivity index (χ1n) is 7.34. The number of carbonyl (C=O) groups excluding carboxylic acids is 1. The van der Waals surface area contributed by atoms with Gasteiger partial charge >= 0.3 is 6.16 Å². The third-order valence-electron chi connectivity index (χ3n) is 1.84. The Morgan fingerprint density at radius 2 is 1.76 bits per heavy atom. The predicted molar refractivity (Wildman–Crippen MR) is 83.6 cm³/mol. The average Bonchev–Trinajstić information content (AvgIpc) is 2.94. The largest absolute Gasteiger partial charge is 0.508 e. The van der Waals surface area contributed by atoms with Gasteiger partial charge in [0.05, 0.1) is 6.61 Å². The third kappa shape index (κ3) is 13.0. The molecule has 0 aromatic heterocycles. The summed E-state index contributed by atoms with van der Waals surface area (Å²) in [6, 6.07) is 9.43. The topological polar surface area (TPSA) is 65.0 Å². The van der Waals surface area contributed by atoms with E-state index in [1.54, 1.807) is 6.92 Å². The first-order valence-corrected chi connectivity index (χ1v) is 7.34. The van der Waals surface area contributed by atoms with Crippen molar-refractivity contribution < 1.29 is 24.1 Å². The number of cyclic esters (lactones) is 2. The Morgan fingerprint density at radius 1 is 1.19 bits per heavy atom. The van der Waals surface area contributed by atoms with E-state index < -0.39 is 6.16 Å². The van der Waals surface area contributed by atoms with Crippen LogP contribution in [-0.2, 0) is 9.47 Å². The molecule has 21 heavy (non-hydrogen) atoms. The summed E-state index contributed by atoms with van der Waals surface area (Å²) < 4.78 is 14.0. The molecule has 1 aliphatic rings. The van der Waals surface area contributed by atoms with E-state index in [1.807, 2.05) is 58.0 Å². The molecule has 5 nitrogen and oxygen atoms in total. The average molecular weight is 300 g/mol. The maximum atomic E-state index is 10.0. The van der Waals surface area contributed by atoms with Crippen LogP contribution in [0.4, 0.5) is 4.79 Å². The van der Waals surface area contributed by atoms with Crippen molar-refractivity contribution in [2.24, 2.45) is 0 Å². The third-order valence-corrected chi connectivity index (χ3v) is 1.84. The lowest BCUT2D eigenvalue weighted by Crippen LogP contribution is -2.01. The zero-order valence-electron chi connectivity index (χ0n) is 13.7. The van der Waals surface area contributed by atoms with Crippen molar-refractivity contribution in [1.82, 2.24) is 0 Å². The van der Waals surface area contributed by atoms with Gasteiger partial charge in [-0.3, -0.25) is 0 Å². The lowest BCUT2D eigenvalue weighted by atomic mass is 10.3. The predicted octanol–water partition coefficient (Wildman–Crippen LogP) is 3.65. The number of hydrogen-bond acceptors (Lipinski definition) is 5. The molecule has 1 unspecified atom stereocenters. The van der Waals surface area contributed by atoms with Crippen LogP contribution in [0.1, 0.15) is 34.6 Å². The van der Waals surface area contributed by atoms with Gasteiger partial charge in [-0.1, -0.05) is 45.9 Å². The molecule has 0 spiro atoms. The molecular weight excluding hydrogens is 272 g/mol. The van der Waals surface area contributed by atoms with Crippen LogP contribution in [0, 0.1) is 0 Å². The Balaban J connectivity index is 0. The monoisotopic (exact) mass is 300 g/mol. The zero-order valence-corrected chi connectivity index (χ0v) is 13.7. The van der Waals surface area contributed by atoms with Crippen LogP contribution in [-0.4, -0.2) is 37.2 Å². The zero-order chi connectivity index (χ0) is 16.5. The molecule has 0 radical (unpaired) electrons. The molecule has 0 bridgehead atoms. The van der Waals surface area contributed by atoms with E-state index in [0.717, 1.165) is 5.75 Å². The van der Waals surface area contributed by atoms with Crippen LogP contribution >= 0.6 is 0 Å². The number of aliphatic hydroxyl groups excluding tert-OH is 1. The number of ether oxygens (including phenoxy) is 3. The van der Waals surface area contributed by atoms with Crippen molar-refractivity contribution in [3.8, 4) is 5.75 Å². The Labute approximate surface area is 127 Å². The Bertz CT molecular complexity index is 327. The number of benzene rings is 1. The van der Waals surface area contributed by atoms with Gasteiger partial charge in [-0.2, -0.15) is 0 Å².